The fraction of sp³-hybridized carbons (Fsp3) is 0.471. The van der Waals surface area contributed by atoms with Crippen LogP contribution in [0, 0.1) is 29.1 Å². The summed E-state index contributed by atoms with van der Waals surface area (Å²) < 4.78 is 289. The van der Waals surface area contributed by atoms with Gasteiger partial charge in [-0.15, -0.1) is 0 Å². The van der Waals surface area contributed by atoms with Crippen LogP contribution < -0.4 is 0 Å². The third-order valence-electron chi connectivity index (χ3n) is 4.76. The molecule has 1 rings (SSSR count). The lowest BCUT2D eigenvalue weighted by atomic mass is 9.78. The van der Waals surface area contributed by atoms with Gasteiger partial charge in [0.2, 0.25) is 5.82 Å². The lowest BCUT2D eigenvalue weighted by Gasteiger charge is -2.46. The number of benzene rings is 1. The van der Waals surface area contributed by atoms with Gasteiger partial charge in [0.25, 0.3) is 0 Å². The first-order chi connectivity index (χ1) is 17.4. The Bertz CT molecular complexity index is 1150. The van der Waals surface area contributed by atoms with Crippen molar-refractivity contribution in [3.05, 3.63) is 47.3 Å². The molecule has 2 nitrogen and oxygen atoms in total. The number of rotatable bonds is 8. The zero-order chi connectivity index (χ0) is 32.5. The maximum absolute atomic E-state index is 14.8. The average Bonchev–Trinajstić information content (AvgIpc) is 2.78. The number of carbonyl (C=O) groups excluding carboxylic acids is 1. The van der Waals surface area contributed by atoms with Crippen LogP contribution in [0.1, 0.15) is 5.56 Å². The molecular weight excluding hydrogens is 635 g/mol. The van der Waals surface area contributed by atoms with E-state index in [2.05, 4.69) is 11.3 Å². The maximum Gasteiger partial charge on any atom is 0.460 e. The number of hydrogen-bond acceptors (Lipinski definition) is 2. The minimum Gasteiger partial charge on any atom is -0.434 e. The lowest BCUT2D eigenvalue weighted by molar-refractivity contribution is -0.464. The summed E-state index contributed by atoms with van der Waals surface area (Å²) in [5, 5.41) is 0. The molecule has 1 aromatic rings. The molecule has 0 amide bonds. The Morgan fingerprint density at radius 2 is 0.800 bits per heavy atom. The van der Waals surface area contributed by atoms with E-state index in [1.807, 2.05) is 0 Å². The van der Waals surface area contributed by atoms with Gasteiger partial charge in [-0.25, -0.2) is 26.7 Å². The van der Waals surface area contributed by atoms with Gasteiger partial charge in [-0.3, -0.25) is 0 Å². The van der Waals surface area contributed by atoms with Gasteiger partial charge in [0.05, 0.1) is 5.56 Å². The molecule has 0 aromatic heterocycles. The van der Waals surface area contributed by atoms with Gasteiger partial charge >= 0.3 is 53.5 Å². The summed E-state index contributed by atoms with van der Waals surface area (Å²) in [6, 6.07) is 0. The highest BCUT2D eigenvalue weighted by Gasteiger charge is 2.96. The third kappa shape index (κ3) is 4.29. The lowest BCUT2D eigenvalue weighted by Crippen LogP contribution is -2.75. The highest BCUT2D eigenvalue weighted by atomic mass is 19.4. The summed E-state index contributed by atoms with van der Waals surface area (Å²) in [6.07, 6.45) is -17.0. The molecule has 0 aliphatic carbocycles. The molecule has 230 valence electrons. The van der Waals surface area contributed by atoms with Crippen LogP contribution in [0.2, 0.25) is 0 Å². The Labute approximate surface area is 204 Å². The topological polar surface area (TPSA) is 26.3 Å². The van der Waals surface area contributed by atoms with Crippen molar-refractivity contribution in [3.8, 4) is 0 Å². The molecule has 1 atom stereocenters. The number of hydrogen-bond donors (Lipinski definition) is 0. The summed E-state index contributed by atoms with van der Waals surface area (Å²) in [5.41, 5.74) is -12.3. The molecule has 23 heteroatoms. The quantitative estimate of drug-likeness (QED) is 0.0965. The largest absolute Gasteiger partial charge is 0.460 e. The molecule has 0 saturated carbocycles. The van der Waals surface area contributed by atoms with Crippen molar-refractivity contribution >= 4 is 5.97 Å². The van der Waals surface area contributed by atoms with Crippen LogP contribution >= 0.6 is 0 Å². The first-order valence-corrected chi connectivity index (χ1v) is 8.78. The molecule has 1 aromatic carbocycles. The van der Waals surface area contributed by atoms with Gasteiger partial charge in [0, 0.05) is 6.08 Å². The van der Waals surface area contributed by atoms with E-state index in [9.17, 15) is 97.0 Å². The van der Waals surface area contributed by atoms with Crippen LogP contribution in [0.5, 0.6) is 0 Å². The molecule has 0 spiro atoms. The predicted octanol–water partition coefficient (Wildman–Crippen LogP) is 7.61. The molecule has 0 fully saturated rings. The van der Waals surface area contributed by atoms with E-state index < -0.39 is 94.3 Å². The Hall–Kier alpha value is -3.04. The van der Waals surface area contributed by atoms with Gasteiger partial charge in [-0.05, 0) is 0 Å². The van der Waals surface area contributed by atoms with E-state index in [-0.39, 0.29) is 0 Å². The predicted molar refractivity (Wildman–Crippen MR) is 81.0 cm³/mol. The van der Waals surface area contributed by atoms with Gasteiger partial charge in [-0.1, -0.05) is 6.58 Å². The van der Waals surface area contributed by atoms with Crippen LogP contribution in [-0.4, -0.2) is 47.9 Å². The van der Waals surface area contributed by atoms with Crippen LogP contribution in [-0.2, 0) is 15.1 Å². The summed E-state index contributed by atoms with van der Waals surface area (Å²) in [5.74, 6) is -67.5. The molecule has 0 saturated heterocycles. The van der Waals surface area contributed by atoms with Crippen molar-refractivity contribution in [1.82, 2.24) is 0 Å². The minimum absolute atomic E-state index is 0.856. The van der Waals surface area contributed by atoms with Gasteiger partial charge in [0.1, 0.15) is 0 Å². The third-order valence-corrected chi connectivity index (χ3v) is 4.76. The molecule has 0 radical (unpaired) electrons. The first-order valence-electron chi connectivity index (χ1n) is 8.78. The smallest absolute Gasteiger partial charge is 0.434 e. The average molecular weight is 638 g/mol. The molecule has 0 N–H and O–H groups in total. The van der Waals surface area contributed by atoms with Gasteiger partial charge in [-0.2, -0.15) is 70.2 Å². The normalized spacial score (nSPS) is 16.0. The standard InChI is InChI=1S/C17H3F21O2/c1-2-3(39)40-10(16(33,34)35,4-5(18)7(20)9(22)8(21)6(4)19)11(23,24)12(25,26)13(27,28)14(29,30)15(31,32)17(36,37)38/h2H,1H2. The second-order valence-electron chi connectivity index (χ2n) is 7.12. The Morgan fingerprint density at radius 1 is 0.500 bits per heavy atom. The highest BCUT2D eigenvalue weighted by molar-refractivity contribution is 5.82. The molecule has 0 aliphatic rings. The fourth-order valence-corrected chi connectivity index (χ4v) is 2.75. The molecule has 0 bridgehead atoms. The molecular formula is C17H3F21O2. The van der Waals surface area contributed by atoms with Crippen molar-refractivity contribution in [3.63, 3.8) is 0 Å². The van der Waals surface area contributed by atoms with E-state index >= 15 is 0 Å². The van der Waals surface area contributed by atoms with Crippen molar-refractivity contribution < 1.29 is 102 Å². The van der Waals surface area contributed by atoms with Crippen molar-refractivity contribution in [2.75, 3.05) is 0 Å². The second kappa shape index (κ2) is 9.52. The summed E-state index contributed by atoms with van der Waals surface area (Å²) >= 11 is 0. The summed E-state index contributed by atoms with van der Waals surface area (Å²) in [4.78, 5) is 11.3. The van der Waals surface area contributed by atoms with E-state index in [4.69, 9.17) is 0 Å². The summed E-state index contributed by atoms with van der Waals surface area (Å²) in [7, 11) is 0. The zero-order valence-electron chi connectivity index (χ0n) is 17.5. The number of ether oxygens (including phenoxy) is 1. The zero-order valence-corrected chi connectivity index (χ0v) is 17.5. The van der Waals surface area contributed by atoms with Crippen molar-refractivity contribution in [1.29, 1.82) is 0 Å². The Kier molecular flexibility index (Phi) is 8.32. The minimum atomic E-state index is -9.10. The monoisotopic (exact) mass is 638 g/mol. The molecule has 1 unspecified atom stereocenters. The number of carbonyl (C=O) groups is 1. The Morgan fingerprint density at radius 3 is 1.10 bits per heavy atom. The number of alkyl halides is 16. The second-order valence-corrected chi connectivity index (χ2v) is 7.12. The summed E-state index contributed by atoms with van der Waals surface area (Å²) in [6.45, 7) is 2.14. The van der Waals surface area contributed by atoms with Crippen LogP contribution in [0.15, 0.2) is 12.7 Å². The maximum atomic E-state index is 14.8. The first kappa shape index (κ1) is 35.0. The number of esters is 1. The van der Waals surface area contributed by atoms with Crippen LogP contribution in [0.25, 0.3) is 0 Å². The van der Waals surface area contributed by atoms with E-state index in [1.54, 1.807) is 0 Å². The van der Waals surface area contributed by atoms with E-state index in [0.29, 0.717) is 0 Å². The van der Waals surface area contributed by atoms with Crippen LogP contribution in [0.3, 0.4) is 0 Å². The molecule has 0 heterocycles. The molecule has 0 aliphatic heterocycles. The van der Waals surface area contributed by atoms with E-state index in [1.165, 1.54) is 0 Å². The highest BCUT2D eigenvalue weighted by Crippen LogP contribution is 2.66. The number of halogens is 21. The Balaban J connectivity index is 4.51. The van der Waals surface area contributed by atoms with Gasteiger partial charge < -0.3 is 4.74 Å². The SMILES string of the molecule is C=CC(=O)OC(c1c(F)c(F)c(F)c(F)c1F)(C(F)(F)F)C(F)(F)C(F)(F)C(F)(F)C(F)(F)C(F)(F)C(F)(F)F. The fourth-order valence-electron chi connectivity index (χ4n) is 2.75. The van der Waals surface area contributed by atoms with E-state index in [0.717, 1.165) is 0 Å². The van der Waals surface area contributed by atoms with Crippen LogP contribution in [0.4, 0.5) is 92.2 Å². The van der Waals surface area contributed by atoms with Gasteiger partial charge in [0.15, 0.2) is 23.3 Å². The van der Waals surface area contributed by atoms with Crippen molar-refractivity contribution in [2.45, 2.75) is 47.6 Å². The molecule has 40 heavy (non-hydrogen) atoms. The van der Waals surface area contributed by atoms with Crippen molar-refractivity contribution in [2.24, 2.45) is 0 Å².